The lowest BCUT2D eigenvalue weighted by atomic mass is 10.2. The van der Waals surface area contributed by atoms with Gasteiger partial charge >= 0.3 is 5.91 Å². The Bertz CT molecular complexity index is 356. The molecule has 0 unspecified atom stereocenters. The number of rotatable bonds is 3. The van der Waals surface area contributed by atoms with E-state index in [1.807, 2.05) is 11.9 Å². The fourth-order valence-corrected chi connectivity index (χ4v) is 1.79. The Morgan fingerprint density at radius 2 is 2.25 bits per heavy atom. The number of piperidine rings is 1. The molecular formula is C11H17N3O2. The molecule has 0 aromatic carbocycles. The van der Waals surface area contributed by atoms with Crippen molar-refractivity contribution in [1.82, 2.24) is 15.6 Å². The van der Waals surface area contributed by atoms with Gasteiger partial charge in [0.2, 0.25) is 5.76 Å². The number of hydrogen-bond donors (Lipinski definition) is 1. The number of carbonyl (C=O) groups is 1. The van der Waals surface area contributed by atoms with Crippen molar-refractivity contribution in [2.24, 2.45) is 0 Å². The van der Waals surface area contributed by atoms with Crippen molar-refractivity contribution >= 4 is 5.91 Å². The first kappa shape index (κ1) is 11.1. The van der Waals surface area contributed by atoms with Gasteiger partial charge in [0.15, 0.2) is 0 Å². The van der Waals surface area contributed by atoms with Gasteiger partial charge in [-0.2, -0.15) is 0 Å². The maximum atomic E-state index is 11.8. The highest BCUT2D eigenvalue weighted by Crippen LogP contribution is 2.08. The van der Waals surface area contributed by atoms with E-state index in [2.05, 4.69) is 10.6 Å². The standard InChI is InChI=1S/C11H17N3O2/c1-2-9-8-10(16-13-9)11(15)12-14-6-4-3-5-7-14/h8H,2-7H2,1H3,(H,12,15). The second-order valence-electron chi connectivity index (χ2n) is 4.02. The van der Waals surface area contributed by atoms with Crippen LogP contribution in [-0.2, 0) is 6.42 Å². The first-order chi connectivity index (χ1) is 7.79. The molecule has 0 bridgehead atoms. The molecule has 1 aliphatic rings. The van der Waals surface area contributed by atoms with Gasteiger partial charge in [0.1, 0.15) is 0 Å². The number of amides is 1. The van der Waals surface area contributed by atoms with Crippen LogP contribution in [0.4, 0.5) is 0 Å². The van der Waals surface area contributed by atoms with E-state index in [4.69, 9.17) is 4.52 Å². The molecule has 5 nitrogen and oxygen atoms in total. The van der Waals surface area contributed by atoms with Crippen molar-refractivity contribution < 1.29 is 9.32 Å². The zero-order valence-corrected chi connectivity index (χ0v) is 9.53. The van der Waals surface area contributed by atoms with Crippen LogP contribution in [0.25, 0.3) is 0 Å². The maximum Gasteiger partial charge on any atom is 0.304 e. The van der Waals surface area contributed by atoms with Crippen molar-refractivity contribution in [2.45, 2.75) is 32.6 Å². The Morgan fingerprint density at radius 3 is 2.88 bits per heavy atom. The lowest BCUT2D eigenvalue weighted by Gasteiger charge is -2.26. The molecule has 0 atom stereocenters. The SMILES string of the molecule is CCc1cc(C(=O)NN2CCCCC2)on1. The fraction of sp³-hybridized carbons (Fsp3) is 0.636. The average Bonchev–Trinajstić information content (AvgIpc) is 2.79. The van der Waals surface area contributed by atoms with Crippen LogP contribution in [0.3, 0.4) is 0 Å². The Labute approximate surface area is 94.8 Å². The zero-order valence-electron chi connectivity index (χ0n) is 9.53. The highest BCUT2D eigenvalue weighted by molar-refractivity contribution is 5.90. The number of carbonyl (C=O) groups excluding carboxylic acids is 1. The molecule has 0 spiro atoms. The van der Waals surface area contributed by atoms with E-state index >= 15 is 0 Å². The number of nitrogens with zero attached hydrogens (tertiary/aromatic N) is 2. The second-order valence-corrected chi connectivity index (χ2v) is 4.02. The van der Waals surface area contributed by atoms with Crippen molar-refractivity contribution in [3.63, 3.8) is 0 Å². The van der Waals surface area contributed by atoms with E-state index in [0.717, 1.165) is 38.0 Å². The lowest BCUT2D eigenvalue weighted by molar-refractivity contribution is 0.0712. The monoisotopic (exact) mass is 223 g/mol. The van der Waals surface area contributed by atoms with Gasteiger partial charge in [-0.1, -0.05) is 18.5 Å². The van der Waals surface area contributed by atoms with Gasteiger partial charge in [0, 0.05) is 19.2 Å². The molecule has 0 aliphatic carbocycles. The highest BCUT2D eigenvalue weighted by Gasteiger charge is 2.17. The van der Waals surface area contributed by atoms with E-state index in [0.29, 0.717) is 5.76 Å². The number of aromatic nitrogens is 1. The summed E-state index contributed by atoms with van der Waals surface area (Å²) >= 11 is 0. The van der Waals surface area contributed by atoms with Crippen molar-refractivity contribution in [2.75, 3.05) is 13.1 Å². The van der Waals surface area contributed by atoms with Gasteiger partial charge in [-0.05, 0) is 19.3 Å². The Morgan fingerprint density at radius 1 is 1.50 bits per heavy atom. The van der Waals surface area contributed by atoms with Gasteiger partial charge in [-0.15, -0.1) is 0 Å². The number of nitrogens with one attached hydrogen (secondary N) is 1. The van der Waals surface area contributed by atoms with E-state index < -0.39 is 0 Å². The molecule has 1 amide bonds. The van der Waals surface area contributed by atoms with Crippen LogP contribution in [-0.4, -0.2) is 29.2 Å². The predicted octanol–water partition coefficient (Wildman–Crippen LogP) is 1.37. The van der Waals surface area contributed by atoms with Crippen LogP contribution < -0.4 is 5.43 Å². The lowest BCUT2D eigenvalue weighted by Crippen LogP contribution is -2.44. The summed E-state index contributed by atoms with van der Waals surface area (Å²) in [6.07, 6.45) is 4.29. The average molecular weight is 223 g/mol. The number of hydrazine groups is 1. The van der Waals surface area contributed by atoms with Crippen molar-refractivity contribution in [3.8, 4) is 0 Å². The van der Waals surface area contributed by atoms with Crippen LogP contribution in [0.2, 0.25) is 0 Å². The summed E-state index contributed by atoms with van der Waals surface area (Å²) in [6, 6.07) is 1.69. The summed E-state index contributed by atoms with van der Waals surface area (Å²) in [7, 11) is 0. The van der Waals surface area contributed by atoms with E-state index in [1.165, 1.54) is 6.42 Å². The normalized spacial score (nSPS) is 17.3. The van der Waals surface area contributed by atoms with Crippen molar-refractivity contribution in [1.29, 1.82) is 0 Å². The summed E-state index contributed by atoms with van der Waals surface area (Å²) in [5.74, 6) is 0.0940. The third-order valence-electron chi connectivity index (χ3n) is 2.76. The summed E-state index contributed by atoms with van der Waals surface area (Å²) < 4.78 is 4.97. The van der Waals surface area contributed by atoms with Gasteiger partial charge in [-0.3, -0.25) is 10.2 Å². The molecule has 1 fully saturated rings. The summed E-state index contributed by atoms with van der Waals surface area (Å²) in [6.45, 7) is 3.81. The minimum absolute atomic E-state index is 0.200. The van der Waals surface area contributed by atoms with Gasteiger partial charge in [0.25, 0.3) is 0 Å². The van der Waals surface area contributed by atoms with Crippen LogP contribution in [0.5, 0.6) is 0 Å². The first-order valence-electron chi connectivity index (χ1n) is 5.81. The molecular weight excluding hydrogens is 206 g/mol. The fourth-order valence-electron chi connectivity index (χ4n) is 1.79. The summed E-state index contributed by atoms with van der Waals surface area (Å²) in [5.41, 5.74) is 3.64. The molecule has 0 saturated carbocycles. The van der Waals surface area contributed by atoms with Gasteiger partial charge in [-0.25, -0.2) is 5.01 Å². The predicted molar refractivity (Wildman–Crippen MR) is 58.8 cm³/mol. The molecule has 16 heavy (non-hydrogen) atoms. The number of hydrogen-bond acceptors (Lipinski definition) is 4. The highest BCUT2D eigenvalue weighted by atomic mass is 16.5. The molecule has 1 aromatic heterocycles. The third kappa shape index (κ3) is 2.61. The minimum Gasteiger partial charge on any atom is -0.351 e. The molecule has 1 aliphatic heterocycles. The smallest absolute Gasteiger partial charge is 0.304 e. The van der Waals surface area contributed by atoms with Crippen LogP contribution in [0.1, 0.15) is 42.4 Å². The topological polar surface area (TPSA) is 58.4 Å². The molecule has 1 saturated heterocycles. The molecule has 1 aromatic rings. The zero-order chi connectivity index (χ0) is 11.4. The Kier molecular flexibility index (Phi) is 3.56. The summed E-state index contributed by atoms with van der Waals surface area (Å²) in [4.78, 5) is 11.8. The second kappa shape index (κ2) is 5.12. The first-order valence-corrected chi connectivity index (χ1v) is 5.81. The molecule has 1 N–H and O–H groups in total. The van der Waals surface area contributed by atoms with E-state index in [9.17, 15) is 4.79 Å². The Balaban J connectivity index is 1.91. The van der Waals surface area contributed by atoms with Crippen LogP contribution in [0.15, 0.2) is 10.6 Å². The third-order valence-corrected chi connectivity index (χ3v) is 2.76. The minimum atomic E-state index is -0.200. The molecule has 0 radical (unpaired) electrons. The van der Waals surface area contributed by atoms with E-state index in [1.54, 1.807) is 6.07 Å². The van der Waals surface area contributed by atoms with Crippen LogP contribution in [0, 0.1) is 0 Å². The van der Waals surface area contributed by atoms with Crippen molar-refractivity contribution in [3.05, 3.63) is 17.5 Å². The molecule has 88 valence electrons. The molecule has 5 heteroatoms. The van der Waals surface area contributed by atoms with Gasteiger partial charge in [0.05, 0.1) is 5.69 Å². The maximum absolute atomic E-state index is 11.8. The van der Waals surface area contributed by atoms with Crippen LogP contribution >= 0.6 is 0 Å². The Hall–Kier alpha value is -1.36. The quantitative estimate of drug-likeness (QED) is 0.840. The largest absolute Gasteiger partial charge is 0.351 e. The summed E-state index contributed by atoms with van der Waals surface area (Å²) in [5, 5.41) is 5.74. The van der Waals surface area contributed by atoms with Gasteiger partial charge < -0.3 is 4.52 Å². The van der Waals surface area contributed by atoms with E-state index in [-0.39, 0.29) is 5.91 Å². The molecule has 2 heterocycles. The number of aryl methyl sites for hydroxylation is 1. The molecule has 2 rings (SSSR count).